The van der Waals surface area contributed by atoms with E-state index in [0.717, 1.165) is 16.4 Å². The first-order valence-electron chi connectivity index (χ1n) is 10.4. The van der Waals surface area contributed by atoms with Gasteiger partial charge in [-0.2, -0.15) is 0 Å². The van der Waals surface area contributed by atoms with E-state index in [9.17, 15) is 14.7 Å². The number of nitrogens with zero attached hydrogens (tertiary/aromatic N) is 2. The van der Waals surface area contributed by atoms with Crippen LogP contribution in [0.1, 0.15) is 19.4 Å². The largest absolute Gasteiger partial charge is 0.479 e. The number of nitrogens with one attached hydrogen (secondary N) is 2. The Balaban J connectivity index is 0.00000141. The van der Waals surface area contributed by atoms with Crippen molar-refractivity contribution in [1.29, 1.82) is 0 Å². The molecule has 2 heterocycles. The van der Waals surface area contributed by atoms with Crippen LogP contribution in [-0.4, -0.2) is 26.7 Å². The number of hydrogen-bond donors (Lipinski definition) is 3. The van der Waals surface area contributed by atoms with E-state index in [2.05, 4.69) is 19.9 Å². The summed E-state index contributed by atoms with van der Waals surface area (Å²) in [7, 11) is 4.33. The van der Waals surface area contributed by atoms with Gasteiger partial charge in [0.1, 0.15) is 5.82 Å². The fourth-order valence-corrected chi connectivity index (χ4v) is 3.87. The zero-order chi connectivity index (χ0) is 23.3. The second kappa shape index (κ2) is 10.2. The highest BCUT2D eigenvalue weighted by Gasteiger charge is 2.22. The minimum atomic E-state index is -0.971. The van der Waals surface area contributed by atoms with Crippen LogP contribution in [0.5, 0.6) is 0 Å². The standard InChI is InChI=1S/C22H21N4O3P.C2H6/c1-26-20(13-6-3-2-4-7-13)25-18-14(10-15(30)11-16(18)21(26)27)12-24-17-8-5-9-23-19(17)22(28)29;1-2/h2-11,19,23-24H,12,30H2,1H3,(H,28,29);1-2H3. The zero-order valence-corrected chi connectivity index (χ0v) is 19.4. The van der Waals surface area contributed by atoms with E-state index in [0.29, 0.717) is 29.0 Å². The molecule has 0 saturated carbocycles. The number of fused-ring (bicyclic) bond motifs is 1. The topological polar surface area (TPSA) is 96.2 Å². The molecule has 2 atom stereocenters. The van der Waals surface area contributed by atoms with Gasteiger partial charge in [0.25, 0.3) is 5.56 Å². The molecule has 8 heteroatoms. The zero-order valence-electron chi connectivity index (χ0n) is 18.3. The molecular weight excluding hydrogens is 423 g/mol. The van der Waals surface area contributed by atoms with Gasteiger partial charge in [-0.25, -0.2) is 9.78 Å². The number of aliphatic carboxylic acids is 1. The van der Waals surface area contributed by atoms with Gasteiger partial charge in [0.15, 0.2) is 6.04 Å². The predicted octanol–water partition coefficient (Wildman–Crippen LogP) is 2.67. The van der Waals surface area contributed by atoms with Gasteiger partial charge < -0.3 is 15.7 Å². The molecule has 0 amide bonds. The molecule has 0 radical (unpaired) electrons. The summed E-state index contributed by atoms with van der Waals surface area (Å²) in [6.45, 7) is 4.33. The predicted molar refractivity (Wildman–Crippen MR) is 132 cm³/mol. The van der Waals surface area contributed by atoms with Gasteiger partial charge in [0.2, 0.25) is 0 Å². The summed E-state index contributed by atoms with van der Waals surface area (Å²) in [5, 5.41) is 16.8. The lowest BCUT2D eigenvalue weighted by Crippen LogP contribution is -2.41. The monoisotopic (exact) mass is 450 g/mol. The second-order valence-corrected chi connectivity index (χ2v) is 7.68. The maximum absolute atomic E-state index is 13.1. The van der Waals surface area contributed by atoms with E-state index in [1.54, 1.807) is 36.0 Å². The van der Waals surface area contributed by atoms with E-state index in [-0.39, 0.29) is 5.56 Å². The Morgan fingerprint density at radius 1 is 1.25 bits per heavy atom. The number of carbonyl (C=O) groups is 1. The molecule has 166 valence electrons. The van der Waals surface area contributed by atoms with Gasteiger partial charge in [-0.15, -0.1) is 9.24 Å². The average molecular weight is 450 g/mol. The molecule has 0 saturated heterocycles. The van der Waals surface area contributed by atoms with Crippen molar-refractivity contribution >= 4 is 31.4 Å². The van der Waals surface area contributed by atoms with Crippen LogP contribution in [0.3, 0.4) is 0 Å². The second-order valence-electron chi connectivity index (χ2n) is 7.01. The summed E-state index contributed by atoms with van der Waals surface area (Å²) in [5.41, 5.74) is 2.67. The number of benzene rings is 2. The number of carboxylic acid groups (broad SMARTS) is 1. The van der Waals surface area contributed by atoms with Crippen LogP contribution in [0, 0.1) is 0 Å². The van der Waals surface area contributed by atoms with E-state index >= 15 is 0 Å². The van der Waals surface area contributed by atoms with Crippen LogP contribution in [0.2, 0.25) is 0 Å². The number of carboxylic acids is 1. The number of rotatable bonds is 5. The molecule has 0 spiro atoms. The fourth-order valence-electron chi connectivity index (χ4n) is 3.50. The lowest BCUT2D eigenvalue weighted by atomic mass is 10.1. The number of dihydropyridines is 1. The van der Waals surface area contributed by atoms with Crippen LogP contribution < -0.4 is 21.5 Å². The normalized spacial score (nSPS) is 14.8. The van der Waals surface area contributed by atoms with Crippen LogP contribution in [-0.2, 0) is 18.4 Å². The van der Waals surface area contributed by atoms with Gasteiger partial charge in [-0.1, -0.05) is 44.2 Å². The summed E-state index contributed by atoms with van der Waals surface area (Å²) in [4.78, 5) is 29.4. The van der Waals surface area contributed by atoms with Crippen molar-refractivity contribution in [3.8, 4) is 11.4 Å². The van der Waals surface area contributed by atoms with Crippen LogP contribution >= 0.6 is 9.24 Å². The molecule has 0 bridgehead atoms. The Hall–Kier alpha value is -3.44. The Bertz CT molecular complexity index is 1250. The Morgan fingerprint density at radius 3 is 2.66 bits per heavy atom. The summed E-state index contributed by atoms with van der Waals surface area (Å²) < 4.78 is 1.55. The Labute approximate surface area is 189 Å². The van der Waals surface area contributed by atoms with Crippen molar-refractivity contribution in [1.82, 2.24) is 20.2 Å². The number of hydrogen-bond acceptors (Lipinski definition) is 5. The summed E-state index contributed by atoms with van der Waals surface area (Å²) >= 11 is 0. The summed E-state index contributed by atoms with van der Waals surface area (Å²) in [6, 6.07) is 12.4. The van der Waals surface area contributed by atoms with Crippen molar-refractivity contribution < 1.29 is 9.90 Å². The minimum Gasteiger partial charge on any atom is -0.479 e. The molecule has 1 aliphatic heterocycles. The molecule has 0 aliphatic carbocycles. The van der Waals surface area contributed by atoms with Crippen molar-refractivity contribution in [2.24, 2.45) is 7.05 Å². The first-order valence-corrected chi connectivity index (χ1v) is 11.0. The molecule has 2 aromatic carbocycles. The van der Waals surface area contributed by atoms with E-state index in [1.807, 2.05) is 50.2 Å². The van der Waals surface area contributed by atoms with Gasteiger partial charge in [0.05, 0.1) is 10.9 Å². The molecule has 1 aliphatic rings. The quantitative estimate of drug-likeness (QED) is 0.518. The molecule has 3 N–H and O–H groups in total. The highest BCUT2D eigenvalue weighted by atomic mass is 31.0. The number of allylic oxidation sites excluding steroid dienone is 2. The molecule has 1 aromatic heterocycles. The first kappa shape index (κ1) is 23.2. The third-order valence-corrected chi connectivity index (χ3v) is 5.32. The van der Waals surface area contributed by atoms with Crippen molar-refractivity contribution in [3.63, 3.8) is 0 Å². The molecule has 7 nitrogen and oxygen atoms in total. The maximum Gasteiger partial charge on any atom is 0.332 e. The van der Waals surface area contributed by atoms with Crippen molar-refractivity contribution in [2.75, 3.05) is 0 Å². The maximum atomic E-state index is 13.1. The molecule has 4 rings (SSSR count). The van der Waals surface area contributed by atoms with Gasteiger partial charge in [-0.3, -0.25) is 9.36 Å². The van der Waals surface area contributed by atoms with Crippen LogP contribution in [0.25, 0.3) is 22.3 Å². The molecule has 0 fully saturated rings. The van der Waals surface area contributed by atoms with Crippen molar-refractivity contribution in [3.05, 3.63) is 82.4 Å². The first-order chi connectivity index (χ1) is 15.5. The van der Waals surface area contributed by atoms with E-state index in [4.69, 9.17) is 4.98 Å². The minimum absolute atomic E-state index is 0.130. The van der Waals surface area contributed by atoms with Gasteiger partial charge in [-0.05, 0) is 41.4 Å². The fraction of sp³-hybridized carbons (Fsp3) is 0.208. The average Bonchev–Trinajstić information content (AvgIpc) is 2.82. The lowest BCUT2D eigenvalue weighted by molar-refractivity contribution is -0.138. The highest BCUT2D eigenvalue weighted by Crippen LogP contribution is 2.21. The molecule has 2 unspecified atom stereocenters. The summed E-state index contributed by atoms with van der Waals surface area (Å²) in [5.74, 6) is -0.392. The number of aromatic nitrogens is 2. The molecule has 3 aromatic rings. The Morgan fingerprint density at radius 2 is 1.97 bits per heavy atom. The van der Waals surface area contributed by atoms with Crippen molar-refractivity contribution in [2.45, 2.75) is 26.4 Å². The van der Waals surface area contributed by atoms with Gasteiger partial charge >= 0.3 is 5.97 Å². The third kappa shape index (κ3) is 4.73. The van der Waals surface area contributed by atoms with Crippen LogP contribution in [0.4, 0.5) is 0 Å². The smallest absolute Gasteiger partial charge is 0.332 e. The summed E-state index contributed by atoms with van der Waals surface area (Å²) in [6.07, 6.45) is 5.07. The molecular formula is C24H27N4O3P. The van der Waals surface area contributed by atoms with E-state index in [1.165, 1.54) is 0 Å². The lowest BCUT2D eigenvalue weighted by Gasteiger charge is -2.21. The van der Waals surface area contributed by atoms with E-state index < -0.39 is 12.0 Å². The van der Waals surface area contributed by atoms with Crippen LogP contribution in [0.15, 0.2) is 71.3 Å². The molecule has 32 heavy (non-hydrogen) atoms. The Kier molecular flexibility index (Phi) is 7.44. The highest BCUT2D eigenvalue weighted by molar-refractivity contribution is 7.27. The SMILES string of the molecule is CC.Cn1c(-c2ccccc2)nc2c(CNC3=CC=CNC3C(=O)O)cc(P)cc2c1=O. The van der Waals surface area contributed by atoms with Gasteiger partial charge in [0, 0.05) is 24.9 Å². The third-order valence-electron chi connectivity index (χ3n) is 4.99.